The van der Waals surface area contributed by atoms with Crippen LogP contribution in [0.15, 0.2) is 102 Å². The number of nitrogens with zero attached hydrogens (tertiary/aromatic N) is 1. The van der Waals surface area contributed by atoms with Crippen molar-refractivity contribution in [3.63, 3.8) is 0 Å². The molecule has 8 nitrogen and oxygen atoms in total. The monoisotopic (exact) mass is 715 g/mol. The third kappa shape index (κ3) is 6.71. The van der Waals surface area contributed by atoms with Crippen molar-refractivity contribution < 1.29 is 27.3 Å². The van der Waals surface area contributed by atoms with Gasteiger partial charge in [-0.15, -0.1) is 11.5 Å². The smallest absolute Gasteiger partial charge is 0.338 e. The summed E-state index contributed by atoms with van der Waals surface area (Å²) in [5, 5.41) is 11.3. The summed E-state index contributed by atoms with van der Waals surface area (Å²) in [4.78, 5) is 24.8. The molecular formula is C38H45NO7SSi2. The molecule has 0 saturated heterocycles. The molecule has 2 fully saturated rings. The SMILES string of the molecule is C=C(C)[C@@H]1C[C@@H](OC(=O)c2ccc([N+](=O)[O-])cc2)[C@]2(C)[C@@H](S(=O)(=O)c3ccccc3)[C@H](C#C[Si](C)(C)C)[C@]2(O[Si](C)(C)c2ccccc2)C1. The molecule has 3 aromatic carbocycles. The van der Waals surface area contributed by atoms with E-state index >= 15 is 0 Å². The molecule has 0 aliphatic heterocycles. The van der Waals surface area contributed by atoms with Gasteiger partial charge >= 0.3 is 5.97 Å². The van der Waals surface area contributed by atoms with Crippen LogP contribution < -0.4 is 5.19 Å². The summed E-state index contributed by atoms with van der Waals surface area (Å²) in [7, 11) is -8.79. The number of sulfone groups is 1. The van der Waals surface area contributed by atoms with Crippen LogP contribution in [0.2, 0.25) is 32.7 Å². The molecule has 49 heavy (non-hydrogen) atoms. The Balaban J connectivity index is 1.74. The largest absolute Gasteiger partial charge is 0.458 e. The quantitative estimate of drug-likeness (QED) is 0.0569. The fourth-order valence-electron chi connectivity index (χ4n) is 7.60. The van der Waals surface area contributed by atoms with E-state index in [0.717, 1.165) is 10.8 Å². The molecule has 0 amide bonds. The average molecular weight is 716 g/mol. The number of benzene rings is 3. The number of non-ortho nitro benzene ring substituents is 1. The summed E-state index contributed by atoms with van der Waals surface area (Å²) >= 11 is 0. The van der Waals surface area contributed by atoms with Crippen LogP contribution in [-0.2, 0) is 19.0 Å². The van der Waals surface area contributed by atoms with E-state index in [0.29, 0.717) is 12.8 Å². The molecule has 0 spiro atoms. The lowest BCUT2D eigenvalue weighted by Crippen LogP contribution is -2.83. The maximum absolute atomic E-state index is 14.9. The van der Waals surface area contributed by atoms with Gasteiger partial charge in [-0.3, -0.25) is 10.1 Å². The summed E-state index contributed by atoms with van der Waals surface area (Å²) in [6.45, 7) is 18.7. The lowest BCUT2D eigenvalue weighted by Gasteiger charge is -2.71. The molecule has 3 aromatic rings. The van der Waals surface area contributed by atoms with E-state index in [1.54, 1.807) is 30.3 Å². The summed E-state index contributed by atoms with van der Waals surface area (Å²) in [6, 6.07) is 23.6. The van der Waals surface area contributed by atoms with E-state index in [4.69, 9.17) is 9.16 Å². The fourth-order valence-corrected chi connectivity index (χ4v) is 13.1. The molecule has 0 radical (unpaired) electrons. The van der Waals surface area contributed by atoms with E-state index in [1.165, 1.54) is 24.3 Å². The number of ether oxygens (including phenoxy) is 1. The summed E-state index contributed by atoms with van der Waals surface area (Å²) in [5.41, 5.74) is 2.02. The molecule has 0 heterocycles. The topological polar surface area (TPSA) is 113 Å². The Kier molecular flexibility index (Phi) is 9.77. The van der Waals surface area contributed by atoms with Crippen molar-refractivity contribution in [1.82, 2.24) is 0 Å². The van der Waals surface area contributed by atoms with E-state index < -0.39 is 65.4 Å². The van der Waals surface area contributed by atoms with Gasteiger partial charge in [0.25, 0.3) is 5.69 Å². The van der Waals surface area contributed by atoms with Gasteiger partial charge in [0.2, 0.25) is 8.32 Å². The first-order valence-corrected chi connectivity index (χ1v) is 24.5. The van der Waals surface area contributed by atoms with Crippen molar-refractivity contribution in [1.29, 1.82) is 0 Å². The molecule has 258 valence electrons. The number of hydrogen-bond acceptors (Lipinski definition) is 7. The second-order valence-electron chi connectivity index (χ2n) is 15.1. The first-order chi connectivity index (χ1) is 22.8. The molecule has 0 unspecified atom stereocenters. The van der Waals surface area contributed by atoms with Crippen LogP contribution in [0.1, 0.15) is 37.0 Å². The zero-order chi connectivity index (χ0) is 36.0. The van der Waals surface area contributed by atoms with Crippen molar-refractivity contribution in [2.75, 3.05) is 0 Å². The summed E-state index contributed by atoms with van der Waals surface area (Å²) in [5.74, 6) is 1.94. The van der Waals surface area contributed by atoms with Gasteiger partial charge in [-0.25, -0.2) is 13.2 Å². The normalized spacial score (nSPS) is 26.7. The Bertz CT molecular complexity index is 1920. The number of hydrogen-bond donors (Lipinski definition) is 0. The van der Waals surface area contributed by atoms with Crippen molar-refractivity contribution in [2.24, 2.45) is 17.3 Å². The molecule has 2 aliphatic carbocycles. The third-order valence-corrected chi connectivity index (χ3v) is 16.1. The van der Waals surface area contributed by atoms with Crippen molar-refractivity contribution in [2.45, 2.75) is 81.3 Å². The van der Waals surface area contributed by atoms with Gasteiger partial charge in [-0.05, 0) is 68.2 Å². The Morgan fingerprint density at radius 3 is 2.06 bits per heavy atom. The summed E-state index contributed by atoms with van der Waals surface area (Å²) in [6.07, 6.45) is -0.0862. The van der Waals surface area contributed by atoms with Crippen molar-refractivity contribution in [3.05, 3.63) is 113 Å². The highest BCUT2D eigenvalue weighted by Crippen LogP contribution is 2.69. The fraction of sp³-hybridized carbons (Fsp3) is 0.395. The Hall–Kier alpha value is -3.83. The first kappa shape index (κ1) is 36.5. The lowest BCUT2D eigenvalue weighted by molar-refractivity contribution is -0.384. The van der Waals surface area contributed by atoms with Crippen LogP contribution in [0.5, 0.6) is 0 Å². The van der Waals surface area contributed by atoms with Crippen molar-refractivity contribution >= 4 is 43.1 Å². The number of nitro benzene ring substituents is 1. The predicted octanol–water partition coefficient (Wildman–Crippen LogP) is 7.33. The number of fused-ring (bicyclic) bond motifs is 1. The number of carbonyl (C=O) groups is 1. The third-order valence-electron chi connectivity index (χ3n) is 10.2. The van der Waals surface area contributed by atoms with E-state index in [9.17, 15) is 23.3 Å². The standard InChI is InChI=1S/C38H45NO7SSi2/c1-27(2)29-25-34(45-36(40)28-19-21-30(22-20-28)39(41)42)37(3)35(47(43,44)31-15-11-9-12-16-31)33(23-24-48(4,5)6)38(37,26-29)46-49(7,8)32-17-13-10-14-18-32/h9-22,29,33-35H,1,25-26H2,2-8H3/t29-,33+,34-,35+,37-,38-/m1/s1. The van der Waals surface area contributed by atoms with Crippen LogP contribution in [-0.4, -0.2) is 52.7 Å². The van der Waals surface area contributed by atoms with E-state index in [1.807, 2.05) is 44.2 Å². The highest BCUT2D eigenvalue weighted by molar-refractivity contribution is 7.92. The van der Waals surface area contributed by atoms with Crippen LogP contribution in [0, 0.1) is 38.8 Å². The average Bonchev–Trinajstić information content (AvgIpc) is 3.04. The maximum atomic E-state index is 14.9. The highest BCUT2D eigenvalue weighted by Gasteiger charge is 2.80. The number of allylic oxidation sites excluding steroid dienone is 1. The Morgan fingerprint density at radius 1 is 0.959 bits per heavy atom. The lowest BCUT2D eigenvalue weighted by atomic mass is 9.43. The van der Waals surface area contributed by atoms with Gasteiger partial charge in [-0.2, -0.15) is 0 Å². The second kappa shape index (κ2) is 13.1. The molecule has 2 aliphatic rings. The minimum Gasteiger partial charge on any atom is -0.458 e. The molecule has 0 aromatic heterocycles. The van der Waals surface area contributed by atoms with E-state index in [2.05, 4.69) is 50.8 Å². The van der Waals surface area contributed by atoms with E-state index in [-0.39, 0.29) is 22.1 Å². The van der Waals surface area contributed by atoms with Crippen LogP contribution in [0.4, 0.5) is 5.69 Å². The van der Waals surface area contributed by atoms with Gasteiger partial charge in [0.1, 0.15) is 14.2 Å². The molecule has 2 saturated carbocycles. The summed E-state index contributed by atoms with van der Waals surface area (Å²) < 4.78 is 43.7. The Morgan fingerprint density at radius 2 is 1.53 bits per heavy atom. The minimum absolute atomic E-state index is 0.133. The Labute approximate surface area is 292 Å². The highest BCUT2D eigenvalue weighted by atomic mass is 32.2. The van der Waals surface area contributed by atoms with Crippen molar-refractivity contribution in [3.8, 4) is 11.5 Å². The van der Waals surface area contributed by atoms with Gasteiger partial charge < -0.3 is 9.16 Å². The molecular weight excluding hydrogens is 671 g/mol. The number of nitro groups is 1. The first-order valence-electron chi connectivity index (χ1n) is 16.5. The van der Waals surface area contributed by atoms with Gasteiger partial charge in [-0.1, -0.05) is 87.2 Å². The molecule has 0 bridgehead atoms. The molecule has 11 heteroatoms. The van der Waals surface area contributed by atoms with Gasteiger partial charge in [0, 0.05) is 12.1 Å². The molecule has 5 rings (SSSR count). The van der Waals surface area contributed by atoms with Crippen LogP contribution in [0.3, 0.4) is 0 Å². The minimum atomic E-state index is -4.03. The van der Waals surface area contributed by atoms with Gasteiger partial charge in [0.05, 0.1) is 37.6 Å². The predicted molar refractivity (Wildman–Crippen MR) is 197 cm³/mol. The number of esters is 1. The zero-order valence-electron chi connectivity index (χ0n) is 29.2. The zero-order valence-corrected chi connectivity index (χ0v) is 32.0. The maximum Gasteiger partial charge on any atom is 0.338 e. The van der Waals surface area contributed by atoms with Gasteiger partial charge in [0.15, 0.2) is 9.84 Å². The van der Waals surface area contributed by atoms with Crippen LogP contribution >= 0.6 is 0 Å². The molecule has 0 N–H and O–H groups in total. The van der Waals surface area contributed by atoms with Crippen LogP contribution in [0.25, 0.3) is 0 Å². The molecule has 6 atom stereocenters. The number of carbonyl (C=O) groups excluding carboxylic acids is 1. The number of rotatable bonds is 9. The second-order valence-corrected chi connectivity index (χ2v) is 25.7.